The van der Waals surface area contributed by atoms with Gasteiger partial charge in [-0.1, -0.05) is 58.1 Å². The highest BCUT2D eigenvalue weighted by Gasteiger charge is 2.33. The van der Waals surface area contributed by atoms with Crippen LogP contribution in [-0.2, 0) is 11.2 Å². The van der Waals surface area contributed by atoms with Crippen molar-refractivity contribution < 1.29 is 9.53 Å². The Morgan fingerprint density at radius 2 is 1.44 bits per heavy atom. The predicted molar refractivity (Wildman–Crippen MR) is 112 cm³/mol. The molecular weight excluding hydrogens is 332 g/mol. The van der Waals surface area contributed by atoms with Crippen LogP contribution in [0, 0.1) is 23.7 Å². The van der Waals surface area contributed by atoms with Crippen LogP contribution < -0.4 is 4.74 Å². The summed E-state index contributed by atoms with van der Waals surface area (Å²) in [6.45, 7) is 4.49. The van der Waals surface area contributed by atoms with Gasteiger partial charge in [0.05, 0.1) is 5.92 Å². The minimum absolute atomic E-state index is 0.0108. The van der Waals surface area contributed by atoms with Crippen LogP contribution in [0.25, 0.3) is 0 Å². The predicted octanol–water partition coefficient (Wildman–Crippen LogP) is 6.96. The molecule has 0 amide bonds. The number of rotatable bonds is 7. The maximum Gasteiger partial charge on any atom is 0.314 e. The second kappa shape index (κ2) is 10.3. The molecule has 0 spiro atoms. The number of carbonyl (C=O) groups is 1. The molecule has 0 saturated heterocycles. The largest absolute Gasteiger partial charge is 0.426 e. The minimum atomic E-state index is -0.0108. The summed E-state index contributed by atoms with van der Waals surface area (Å²) in [6.07, 6.45) is 15.2. The zero-order chi connectivity index (χ0) is 19.1. The zero-order valence-corrected chi connectivity index (χ0v) is 17.4. The van der Waals surface area contributed by atoms with Crippen molar-refractivity contribution in [1.82, 2.24) is 0 Å². The van der Waals surface area contributed by atoms with E-state index in [4.69, 9.17) is 4.74 Å². The van der Waals surface area contributed by atoms with E-state index in [0.717, 1.165) is 43.4 Å². The summed E-state index contributed by atoms with van der Waals surface area (Å²) in [6, 6.07) is 8.06. The van der Waals surface area contributed by atoms with Gasteiger partial charge in [-0.2, -0.15) is 0 Å². The van der Waals surface area contributed by atoms with Crippen LogP contribution in [0.15, 0.2) is 24.3 Å². The smallest absolute Gasteiger partial charge is 0.314 e. The van der Waals surface area contributed by atoms with Crippen LogP contribution in [0.1, 0.15) is 90.0 Å². The van der Waals surface area contributed by atoms with Gasteiger partial charge in [0.1, 0.15) is 5.75 Å². The Labute approximate surface area is 166 Å². The lowest BCUT2D eigenvalue weighted by atomic mass is 9.69. The number of carbonyl (C=O) groups excluding carboxylic acids is 1. The second-order valence-electron chi connectivity index (χ2n) is 9.00. The minimum Gasteiger partial charge on any atom is -0.426 e. The summed E-state index contributed by atoms with van der Waals surface area (Å²) in [5.74, 6) is 3.56. The Morgan fingerprint density at radius 3 is 2.00 bits per heavy atom. The summed E-state index contributed by atoms with van der Waals surface area (Å²) in [5, 5.41) is 0. The highest BCUT2D eigenvalue weighted by Crippen LogP contribution is 2.42. The third-order valence-corrected chi connectivity index (χ3v) is 7.04. The van der Waals surface area contributed by atoms with Crippen molar-refractivity contribution in [1.29, 1.82) is 0 Å². The Morgan fingerprint density at radius 1 is 0.852 bits per heavy atom. The highest BCUT2D eigenvalue weighted by molar-refractivity contribution is 5.75. The number of esters is 1. The van der Waals surface area contributed by atoms with Crippen LogP contribution in [0.2, 0.25) is 0 Å². The molecule has 1 aromatic rings. The van der Waals surface area contributed by atoms with Crippen molar-refractivity contribution >= 4 is 5.97 Å². The van der Waals surface area contributed by atoms with Crippen LogP contribution in [0.5, 0.6) is 5.75 Å². The molecule has 2 aliphatic rings. The monoisotopic (exact) mass is 370 g/mol. The Hall–Kier alpha value is -1.31. The fraction of sp³-hybridized carbons (Fsp3) is 0.720. The normalized spacial score (nSPS) is 28.7. The maximum absolute atomic E-state index is 12.6. The molecule has 0 N–H and O–H groups in total. The summed E-state index contributed by atoms with van der Waals surface area (Å²) >= 11 is 0. The molecule has 2 nitrogen and oxygen atoms in total. The zero-order valence-electron chi connectivity index (χ0n) is 17.4. The summed E-state index contributed by atoms with van der Waals surface area (Å²) in [7, 11) is 0. The molecule has 1 aromatic carbocycles. The number of aryl methyl sites for hydroxylation is 1. The number of benzene rings is 1. The lowest BCUT2D eigenvalue weighted by Crippen LogP contribution is -2.30. The third kappa shape index (κ3) is 5.83. The first-order valence-corrected chi connectivity index (χ1v) is 11.5. The SMILES string of the molecule is CCCc1ccc(OC(=O)C2CCC(C3CCC(CCC)CC3)CC2)cc1. The lowest BCUT2D eigenvalue weighted by molar-refractivity contribution is -0.140. The molecule has 0 atom stereocenters. The molecule has 0 bridgehead atoms. The summed E-state index contributed by atoms with van der Waals surface area (Å²) in [4.78, 5) is 12.6. The van der Waals surface area contributed by atoms with E-state index < -0.39 is 0 Å². The van der Waals surface area contributed by atoms with Gasteiger partial charge in [-0.15, -0.1) is 0 Å². The first-order chi connectivity index (χ1) is 13.2. The number of ether oxygens (including phenoxy) is 1. The second-order valence-corrected chi connectivity index (χ2v) is 9.00. The fourth-order valence-corrected chi connectivity index (χ4v) is 5.40. The van der Waals surface area contributed by atoms with E-state index in [1.165, 1.54) is 56.9 Å². The van der Waals surface area contributed by atoms with Crippen molar-refractivity contribution in [2.45, 2.75) is 90.9 Å². The molecule has 0 heterocycles. The van der Waals surface area contributed by atoms with Crippen LogP contribution >= 0.6 is 0 Å². The molecular formula is C25H38O2. The molecule has 2 saturated carbocycles. The highest BCUT2D eigenvalue weighted by atomic mass is 16.5. The topological polar surface area (TPSA) is 26.3 Å². The molecule has 0 aliphatic heterocycles. The van der Waals surface area contributed by atoms with E-state index in [-0.39, 0.29) is 11.9 Å². The summed E-state index contributed by atoms with van der Waals surface area (Å²) in [5.41, 5.74) is 1.31. The van der Waals surface area contributed by atoms with E-state index >= 15 is 0 Å². The molecule has 2 aliphatic carbocycles. The van der Waals surface area contributed by atoms with Gasteiger partial charge >= 0.3 is 5.97 Å². The quantitative estimate of drug-likeness (QED) is 0.383. The van der Waals surface area contributed by atoms with Crippen molar-refractivity contribution in [3.63, 3.8) is 0 Å². The van der Waals surface area contributed by atoms with Crippen molar-refractivity contribution in [3.05, 3.63) is 29.8 Å². The summed E-state index contributed by atoms with van der Waals surface area (Å²) < 4.78 is 5.67. The van der Waals surface area contributed by atoms with E-state index in [0.29, 0.717) is 5.75 Å². The van der Waals surface area contributed by atoms with Gasteiger partial charge in [0.2, 0.25) is 0 Å². The van der Waals surface area contributed by atoms with Gasteiger partial charge in [0, 0.05) is 0 Å². The maximum atomic E-state index is 12.6. The van der Waals surface area contributed by atoms with E-state index in [2.05, 4.69) is 26.0 Å². The molecule has 27 heavy (non-hydrogen) atoms. The first kappa shape index (κ1) is 20.4. The van der Waals surface area contributed by atoms with Crippen LogP contribution in [0.4, 0.5) is 0 Å². The fourth-order valence-electron chi connectivity index (χ4n) is 5.40. The third-order valence-electron chi connectivity index (χ3n) is 7.04. The van der Waals surface area contributed by atoms with Crippen LogP contribution in [-0.4, -0.2) is 5.97 Å². The van der Waals surface area contributed by atoms with E-state index in [1.807, 2.05) is 12.1 Å². The van der Waals surface area contributed by atoms with Crippen LogP contribution in [0.3, 0.4) is 0 Å². The number of hydrogen-bond acceptors (Lipinski definition) is 2. The molecule has 0 unspecified atom stereocenters. The van der Waals surface area contributed by atoms with Gasteiger partial charge in [-0.05, 0) is 80.4 Å². The van der Waals surface area contributed by atoms with Gasteiger partial charge < -0.3 is 4.74 Å². The van der Waals surface area contributed by atoms with Gasteiger partial charge in [0.15, 0.2) is 0 Å². The van der Waals surface area contributed by atoms with Crippen molar-refractivity contribution in [2.24, 2.45) is 23.7 Å². The standard InChI is InChI=1S/C25H38O2/c1-3-5-19-7-11-21(12-8-19)22-13-15-23(16-14-22)25(26)27-24-17-9-20(6-4-2)10-18-24/h9-10,17-19,21-23H,3-8,11-16H2,1-2H3. The van der Waals surface area contributed by atoms with Crippen molar-refractivity contribution in [2.75, 3.05) is 0 Å². The average Bonchev–Trinajstić information content (AvgIpc) is 2.71. The van der Waals surface area contributed by atoms with Crippen molar-refractivity contribution in [3.8, 4) is 5.75 Å². The average molecular weight is 371 g/mol. The van der Waals surface area contributed by atoms with Gasteiger partial charge in [-0.25, -0.2) is 0 Å². The Kier molecular flexibility index (Phi) is 7.79. The molecule has 0 radical (unpaired) electrons. The van der Waals surface area contributed by atoms with Gasteiger partial charge in [0.25, 0.3) is 0 Å². The molecule has 2 fully saturated rings. The Bertz CT molecular complexity index is 560. The molecule has 3 rings (SSSR count). The van der Waals surface area contributed by atoms with Gasteiger partial charge in [-0.3, -0.25) is 4.79 Å². The molecule has 2 heteroatoms. The van der Waals surface area contributed by atoms with E-state index in [1.54, 1.807) is 0 Å². The lowest BCUT2D eigenvalue weighted by Gasteiger charge is -2.37. The molecule has 0 aromatic heterocycles. The number of hydrogen-bond donors (Lipinski definition) is 0. The van der Waals surface area contributed by atoms with E-state index in [9.17, 15) is 4.79 Å². The molecule has 150 valence electrons. The first-order valence-electron chi connectivity index (χ1n) is 11.5. The Balaban J connectivity index is 1.41.